The minimum atomic E-state index is 0.0490. The topological polar surface area (TPSA) is 54.9 Å². The van der Waals surface area contributed by atoms with E-state index in [9.17, 15) is 4.79 Å². The van der Waals surface area contributed by atoms with Crippen LogP contribution in [0.15, 0.2) is 42.5 Å². The van der Waals surface area contributed by atoms with E-state index < -0.39 is 0 Å². The van der Waals surface area contributed by atoms with Crippen molar-refractivity contribution < 1.29 is 14.3 Å². The highest BCUT2D eigenvalue weighted by molar-refractivity contribution is 7.22. The van der Waals surface area contributed by atoms with Crippen LogP contribution in [0.5, 0.6) is 11.5 Å². The van der Waals surface area contributed by atoms with Crippen molar-refractivity contribution in [2.24, 2.45) is 0 Å². The second kappa shape index (κ2) is 9.71. The molecule has 0 unspecified atom stereocenters. The van der Waals surface area contributed by atoms with E-state index in [1.165, 1.54) is 11.3 Å². The molecule has 7 heteroatoms. The Labute approximate surface area is 175 Å². The molecule has 6 nitrogen and oxygen atoms in total. The van der Waals surface area contributed by atoms with Gasteiger partial charge < -0.3 is 14.4 Å². The van der Waals surface area contributed by atoms with Gasteiger partial charge in [-0.3, -0.25) is 9.69 Å². The van der Waals surface area contributed by atoms with Crippen LogP contribution in [0.4, 0.5) is 5.13 Å². The van der Waals surface area contributed by atoms with Gasteiger partial charge in [0.25, 0.3) is 0 Å². The number of nitrogens with zero attached hydrogens (tertiary/aromatic N) is 3. The summed E-state index contributed by atoms with van der Waals surface area (Å²) in [6, 6.07) is 13.6. The summed E-state index contributed by atoms with van der Waals surface area (Å²) in [7, 11) is 7.29. The summed E-state index contributed by atoms with van der Waals surface area (Å²) in [5.41, 5.74) is 1.80. The highest BCUT2D eigenvalue weighted by Gasteiger charge is 2.21. The van der Waals surface area contributed by atoms with Crippen LogP contribution in [0.3, 0.4) is 0 Å². The lowest BCUT2D eigenvalue weighted by atomic mass is 10.1. The maximum absolute atomic E-state index is 13.1. The van der Waals surface area contributed by atoms with E-state index in [1.807, 2.05) is 56.6 Å². The summed E-state index contributed by atoms with van der Waals surface area (Å²) in [5, 5.41) is 0.704. The van der Waals surface area contributed by atoms with E-state index in [-0.39, 0.29) is 5.91 Å². The van der Waals surface area contributed by atoms with Gasteiger partial charge in [0.1, 0.15) is 0 Å². The largest absolute Gasteiger partial charge is 0.493 e. The van der Waals surface area contributed by atoms with Crippen molar-refractivity contribution in [1.29, 1.82) is 0 Å². The number of methoxy groups -OCH3 is 2. The molecule has 29 heavy (non-hydrogen) atoms. The first kappa shape index (κ1) is 21.1. The summed E-state index contributed by atoms with van der Waals surface area (Å²) in [6.07, 6.45) is 1.22. The van der Waals surface area contributed by atoms with Gasteiger partial charge in [-0.05, 0) is 32.6 Å². The molecule has 0 saturated heterocycles. The van der Waals surface area contributed by atoms with E-state index in [1.54, 1.807) is 19.1 Å². The van der Waals surface area contributed by atoms with Gasteiger partial charge in [-0.1, -0.05) is 41.7 Å². The molecular weight excluding hydrogens is 386 g/mol. The fraction of sp³-hybridized carbons (Fsp3) is 0.364. The summed E-state index contributed by atoms with van der Waals surface area (Å²) >= 11 is 1.50. The van der Waals surface area contributed by atoms with E-state index in [4.69, 9.17) is 14.5 Å². The van der Waals surface area contributed by atoms with Crippen molar-refractivity contribution in [2.45, 2.75) is 12.8 Å². The van der Waals surface area contributed by atoms with Crippen molar-refractivity contribution in [2.75, 3.05) is 46.3 Å². The maximum Gasteiger partial charge on any atom is 0.233 e. The van der Waals surface area contributed by atoms with Crippen molar-refractivity contribution in [3.05, 3.63) is 48.0 Å². The predicted octanol–water partition coefficient (Wildman–Crippen LogP) is 3.84. The van der Waals surface area contributed by atoms with Crippen LogP contribution in [0, 0.1) is 0 Å². The zero-order chi connectivity index (χ0) is 20.8. The summed E-state index contributed by atoms with van der Waals surface area (Å²) < 4.78 is 11.7. The van der Waals surface area contributed by atoms with Gasteiger partial charge in [-0.15, -0.1) is 0 Å². The number of anilines is 1. The number of carbonyl (C=O) groups is 1. The van der Waals surface area contributed by atoms with Gasteiger partial charge in [0, 0.05) is 18.7 Å². The molecule has 3 rings (SSSR count). The molecule has 1 aromatic heterocycles. The monoisotopic (exact) mass is 413 g/mol. The summed E-state index contributed by atoms with van der Waals surface area (Å²) in [5.74, 6) is 1.34. The molecule has 154 valence electrons. The van der Waals surface area contributed by atoms with Gasteiger partial charge in [-0.25, -0.2) is 4.98 Å². The normalized spacial score (nSPS) is 11.1. The minimum absolute atomic E-state index is 0.0490. The fourth-order valence-corrected chi connectivity index (χ4v) is 4.12. The van der Waals surface area contributed by atoms with Crippen molar-refractivity contribution in [3.63, 3.8) is 0 Å². The number of rotatable bonds is 9. The number of ether oxygens (including phenoxy) is 2. The zero-order valence-corrected chi connectivity index (χ0v) is 18.2. The van der Waals surface area contributed by atoms with E-state index >= 15 is 0 Å². The van der Waals surface area contributed by atoms with Crippen LogP contribution in [0.25, 0.3) is 10.2 Å². The van der Waals surface area contributed by atoms with E-state index in [0.717, 1.165) is 28.7 Å². The van der Waals surface area contributed by atoms with Crippen LogP contribution in [0.1, 0.15) is 12.0 Å². The third-order valence-electron chi connectivity index (χ3n) is 4.60. The fourth-order valence-electron chi connectivity index (χ4n) is 3.10. The quantitative estimate of drug-likeness (QED) is 0.533. The lowest BCUT2D eigenvalue weighted by Crippen LogP contribution is -2.34. The standard InChI is InChI=1S/C22H27N3O3S/c1-24(2)11-8-12-25(21(26)13-16-9-6-5-7-10-16)22-23-17-14-18(27-3)19(28-4)15-20(17)29-22/h5-7,9-10,14-15H,8,11-13H2,1-4H3. The third kappa shape index (κ3) is 5.25. The molecule has 0 radical (unpaired) electrons. The van der Waals surface area contributed by atoms with Gasteiger partial charge in [0.2, 0.25) is 5.91 Å². The van der Waals surface area contributed by atoms with Crippen LogP contribution < -0.4 is 14.4 Å². The smallest absolute Gasteiger partial charge is 0.233 e. The number of hydrogen-bond acceptors (Lipinski definition) is 6. The Hall–Kier alpha value is -2.64. The SMILES string of the molecule is COc1cc2nc(N(CCCN(C)C)C(=O)Cc3ccccc3)sc2cc1OC. The Morgan fingerprint density at radius 1 is 1.03 bits per heavy atom. The molecule has 0 bridgehead atoms. The first-order valence-corrected chi connectivity index (χ1v) is 10.3. The predicted molar refractivity (Wildman–Crippen MR) is 118 cm³/mol. The molecule has 0 aliphatic rings. The van der Waals surface area contributed by atoms with E-state index in [0.29, 0.717) is 29.6 Å². The average molecular weight is 414 g/mol. The second-order valence-corrected chi connectivity index (χ2v) is 8.05. The molecule has 0 aliphatic heterocycles. The molecule has 1 heterocycles. The highest BCUT2D eigenvalue weighted by Crippen LogP contribution is 2.37. The number of carbonyl (C=O) groups excluding carboxylic acids is 1. The second-order valence-electron chi connectivity index (χ2n) is 7.04. The number of amides is 1. The minimum Gasteiger partial charge on any atom is -0.493 e. The molecule has 0 saturated carbocycles. The van der Waals surface area contributed by atoms with Crippen LogP contribution in [0.2, 0.25) is 0 Å². The van der Waals surface area contributed by atoms with Crippen LogP contribution >= 0.6 is 11.3 Å². The number of benzene rings is 2. The van der Waals surface area contributed by atoms with Crippen molar-refractivity contribution in [3.8, 4) is 11.5 Å². The molecule has 3 aromatic rings. The zero-order valence-electron chi connectivity index (χ0n) is 17.3. The number of aromatic nitrogens is 1. The Kier molecular flexibility index (Phi) is 7.06. The first-order chi connectivity index (χ1) is 14.0. The molecule has 0 atom stereocenters. The summed E-state index contributed by atoms with van der Waals surface area (Å²) in [6.45, 7) is 1.53. The van der Waals surface area contributed by atoms with Crippen LogP contribution in [-0.2, 0) is 11.2 Å². The van der Waals surface area contributed by atoms with Gasteiger partial charge in [-0.2, -0.15) is 0 Å². The molecule has 2 aromatic carbocycles. The Bertz CT molecular complexity index is 916. The number of thiazole rings is 1. The molecule has 1 amide bonds. The Balaban J connectivity index is 1.90. The lowest BCUT2D eigenvalue weighted by molar-refractivity contribution is -0.118. The van der Waals surface area contributed by atoms with Crippen molar-refractivity contribution >= 4 is 32.6 Å². The van der Waals surface area contributed by atoms with Gasteiger partial charge in [0.15, 0.2) is 16.6 Å². The molecule has 0 spiro atoms. The van der Waals surface area contributed by atoms with E-state index in [2.05, 4.69) is 4.90 Å². The number of fused-ring (bicyclic) bond motifs is 1. The summed E-state index contributed by atoms with van der Waals surface area (Å²) in [4.78, 5) is 21.8. The first-order valence-electron chi connectivity index (χ1n) is 9.53. The molecule has 0 aliphatic carbocycles. The maximum atomic E-state index is 13.1. The molecule has 0 fully saturated rings. The Morgan fingerprint density at radius 3 is 2.38 bits per heavy atom. The molecule has 0 N–H and O–H groups in total. The van der Waals surface area contributed by atoms with Crippen molar-refractivity contribution in [1.82, 2.24) is 9.88 Å². The van der Waals surface area contributed by atoms with Crippen LogP contribution in [-0.4, -0.2) is 57.2 Å². The average Bonchev–Trinajstić information content (AvgIpc) is 3.12. The lowest BCUT2D eigenvalue weighted by Gasteiger charge is -2.21. The van der Waals surface area contributed by atoms with Gasteiger partial charge in [0.05, 0.1) is 30.9 Å². The molecular formula is C22H27N3O3S. The van der Waals surface area contributed by atoms with Gasteiger partial charge >= 0.3 is 0 Å². The highest BCUT2D eigenvalue weighted by atomic mass is 32.1. The number of hydrogen-bond donors (Lipinski definition) is 0. The Morgan fingerprint density at radius 2 is 1.72 bits per heavy atom. The third-order valence-corrected chi connectivity index (χ3v) is 5.64.